The van der Waals surface area contributed by atoms with Gasteiger partial charge in [-0.2, -0.15) is 0 Å². The first kappa shape index (κ1) is 29.2. The molecule has 0 spiro atoms. The molecule has 0 fully saturated rings. The molecule has 0 amide bonds. The first-order valence-electron chi connectivity index (χ1n) is 18.3. The highest BCUT2D eigenvalue weighted by atomic mass is 15.3. The van der Waals surface area contributed by atoms with Crippen LogP contribution in [0.15, 0.2) is 176 Å². The van der Waals surface area contributed by atoms with Crippen LogP contribution in [0.3, 0.4) is 0 Å². The summed E-state index contributed by atoms with van der Waals surface area (Å²) in [6, 6.07) is 62.6. The monoisotopic (exact) mass is 687 g/mol. The van der Waals surface area contributed by atoms with Gasteiger partial charge in [-0.05, 0) is 80.6 Å². The van der Waals surface area contributed by atoms with E-state index in [4.69, 9.17) is 15.1 Å². The molecule has 3 aromatic heterocycles. The van der Waals surface area contributed by atoms with Crippen molar-refractivity contribution >= 4 is 49.3 Å². The second-order valence-corrected chi connectivity index (χ2v) is 14.1. The lowest BCUT2D eigenvalue weighted by molar-refractivity contribution is 1.00. The van der Waals surface area contributed by atoms with Crippen molar-refractivity contribution in [1.29, 1.82) is 0 Å². The Morgan fingerprint density at radius 3 is 1.87 bits per heavy atom. The van der Waals surface area contributed by atoms with Gasteiger partial charge in [0.1, 0.15) is 5.69 Å². The third-order valence-electron chi connectivity index (χ3n) is 11.1. The Morgan fingerprint density at radius 1 is 0.389 bits per heavy atom. The van der Waals surface area contributed by atoms with Gasteiger partial charge in [0.15, 0.2) is 11.5 Å². The predicted molar refractivity (Wildman–Crippen MR) is 221 cm³/mol. The number of hydrogen-bond acceptors (Lipinski definition) is 3. The zero-order valence-corrected chi connectivity index (χ0v) is 29.0. The summed E-state index contributed by atoms with van der Waals surface area (Å²) in [5.41, 5.74) is 16.1. The number of para-hydroxylation sites is 2. The third kappa shape index (κ3) is 4.12. The van der Waals surface area contributed by atoms with Crippen molar-refractivity contribution in [2.75, 3.05) is 0 Å². The minimum Gasteiger partial charge on any atom is -0.309 e. The summed E-state index contributed by atoms with van der Waals surface area (Å²) in [7, 11) is 0. The molecule has 3 heterocycles. The molecule has 54 heavy (non-hydrogen) atoms. The van der Waals surface area contributed by atoms with E-state index in [0.29, 0.717) is 5.82 Å². The normalized spacial score (nSPS) is 12.1. The lowest BCUT2D eigenvalue weighted by Crippen LogP contribution is -1.97. The molecule has 5 nitrogen and oxygen atoms in total. The molecule has 1 aliphatic rings. The second-order valence-electron chi connectivity index (χ2n) is 14.1. The zero-order chi connectivity index (χ0) is 35.3. The summed E-state index contributed by atoms with van der Waals surface area (Å²) in [6.45, 7) is 0. The van der Waals surface area contributed by atoms with Crippen molar-refractivity contribution < 1.29 is 0 Å². The highest BCUT2D eigenvalue weighted by Crippen LogP contribution is 2.49. The fourth-order valence-electron chi connectivity index (χ4n) is 8.70. The fraction of sp³-hybridized carbons (Fsp3) is 0. The minimum absolute atomic E-state index is 0.654. The van der Waals surface area contributed by atoms with Gasteiger partial charge in [0, 0.05) is 27.6 Å². The lowest BCUT2D eigenvalue weighted by Gasteiger charge is -2.14. The van der Waals surface area contributed by atoms with Crippen LogP contribution in [0.5, 0.6) is 0 Å². The average Bonchev–Trinajstić information content (AvgIpc) is 3.81. The van der Waals surface area contributed by atoms with Crippen LogP contribution in [-0.2, 0) is 0 Å². The van der Waals surface area contributed by atoms with Gasteiger partial charge in [-0.1, -0.05) is 140 Å². The molecule has 1 aliphatic carbocycles. The van der Waals surface area contributed by atoms with Crippen molar-refractivity contribution in [2.24, 2.45) is 0 Å². The van der Waals surface area contributed by atoms with Crippen LogP contribution in [0.4, 0.5) is 0 Å². The Labute approximate surface area is 310 Å². The summed E-state index contributed by atoms with van der Waals surface area (Å²) in [6.07, 6.45) is 0. The van der Waals surface area contributed by atoms with E-state index in [1.54, 1.807) is 0 Å². The number of hydrogen-bond donors (Lipinski definition) is 0. The standard InChI is InChI=1S/C49H29N5/c1-2-11-30(12-3-1)31-23-25-33(26-24-31)47-49-51-48(52-54(49)41-21-7-6-20-40(41)50-47)34-14-8-15-35(29-34)53-42-22-10-19-39-37-17-5-4-16-36(37)38-18-9-13-32-27-28-43(53)46(44(32)38)45(39)42/h1-29H. The van der Waals surface area contributed by atoms with E-state index in [9.17, 15) is 0 Å². The van der Waals surface area contributed by atoms with Gasteiger partial charge in [-0.15, -0.1) is 5.10 Å². The quantitative estimate of drug-likeness (QED) is 0.185. The summed E-state index contributed by atoms with van der Waals surface area (Å²) < 4.78 is 4.36. The molecule has 0 saturated carbocycles. The predicted octanol–water partition coefficient (Wildman–Crippen LogP) is 12.2. The van der Waals surface area contributed by atoms with Gasteiger partial charge in [0.2, 0.25) is 0 Å². The summed E-state index contributed by atoms with van der Waals surface area (Å²) in [4.78, 5) is 10.4. The molecule has 0 N–H and O–H groups in total. The lowest BCUT2D eigenvalue weighted by atomic mass is 9.93. The largest absolute Gasteiger partial charge is 0.309 e. The van der Waals surface area contributed by atoms with Crippen LogP contribution >= 0.6 is 0 Å². The van der Waals surface area contributed by atoms with E-state index in [2.05, 4.69) is 156 Å². The molecule has 0 radical (unpaired) electrons. The minimum atomic E-state index is 0.654. The maximum Gasteiger partial charge on any atom is 0.182 e. The SMILES string of the molecule is c1ccc(-c2ccc(-c3nc4ccccc4n4nc(-c5cccc(-n6c7cccc8c7c7c9c(cccc9ccc76)-c6ccccc6-8)c5)nc34)cc2)cc1. The van der Waals surface area contributed by atoms with E-state index in [1.807, 2.05) is 28.8 Å². The summed E-state index contributed by atoms with van der Waals surface area (Å²) in [5, 5.41) is 10.3. The van der Waals surface area contributed by atoms with Crippen molar-refractivity contribution in [3.63, 3.8) is 0 Å². The molecule has 0 atom stereocenters. The van der Waals surface area contributed by atoms with Crippen molar-refractivity contribution in [1.82, 2.24) is 24.1 Å². The molecule has 0 unspecified atom stereocenters. The van der Waals surface area contributed by atoms with Crippen LogP contribution in [-0.4, -0.2) is 24.1 Å². The molecule has 12 rings (SSSR count). The Hall–Kier alpha value is -7.37. The van der Waals surface area contributed by atoms with Gasteiger partial charge in [0.05, 0.1) is 22.1 Å². The van der Waals surface area contributed by atoms with E-state index in [-0.39, 0.29) is 0 Å². The molecule has 5 heteroatoms. The Morgan fingerprint density at radius 2 is 1.02 bits per heavy atom. The molecule has 0 aliphatic heterocycles. The zero-order valence-electron chi connectivity index (χ0n) is 29.0. The van der Waals surface area contributed by atoms with Crippen molar-refractivity contribution in [2.45, 2.75) is 0 Å². The van der Waals surface area contributed by atoms with Crippen LogP contribution < -0.4 is 0 Å². The number of benzene rings is 8. The second kappa shape index (κ2) is 11.1. The molecular weight excluding hydrogens is 659 g/mol. The Kier molecular flexibility index (Phi) is 5.99. The highest BCUT2D eigenvalue weighted by molar-refractivity contribution is 6.30. The fourth-order valence-corrected chi connectivity index (χ4v) is 8.70. The molecule has 11 aromatic rings. The van der Waals surface area contributed by atoms with Crippen molar-refractivity contribution in [3.05, 3.63) is 176 Å². The summed E-state index contributed by atoms with van der Waals surface area (Å²) >= 11 is 0. The van der Waals surface area contributed by atoms with Gasteiger partial charge in [-0.25, -0.2) is 14.5 Å². The van der Waals surface area contributed by atoms with E-state index < -0.39 is 0 Å². The Bertz CT molecular complexity index is 3320. The topological polar surface area (TPSA) is 48.0 Å². The first-order valence-corrected chi connectivity index (χ1v) is 18.3. The van der Waals surface area contributed by atoms with E-state index >= 15 is 0 Å². The maximum absolute atomic E-state index is 5.22. The first-order chi connectivity index (χ1) is 26.8. The van der Waals surface area contributed by atoms with Gasteiger partial charge in [0.25, 0.3) is 0 Å². The van der Waals surface area contributed by atoms with Crippen LogP contribution in [0.25, 0.3) is 111 Å². The third-order valence-corrected chi connectivity index (χ3v) is 11.1. The van der Waals surface area contributed by atoms with Gasteiger partial charge < -0.3 is 4.57 Å². The van der Waals surface area contributed by atoms with Crippen LogP contribution in [0.1, 0.15) is 0 Å². The van der Waals surface area contributed by atoms with Crippen LogP contribution in [0.2, 0.25) is 0 Å². The number of rotatable bonds is 4. The maximum atomic E-state index is 5.22. The summed E-state index contributed by atoms with van der Waals surface area (Å²) in [5.74, 6) is 0.654. The van der Waals surface area contributed by atoms with E-state index in [0.717, 1.165) is 44.8 Å². The van der Waals surface area contributed by atoms with Gasteiger partial charge >= 0.3 is 0 Å². The highest BCUT2D eigenvalue weighted by Gasteiger charge is 2.25. The molecule has 0 saturated heterocycles. The van der Waals surface area contributed by atoms with Crippen molar-refractivity contribution in [3.8, 4) is 61.7 Å². The van der Waals surface area contributed by atoms with E-state index in [1.165, 1.54) is 60.4 Å². The Balaban J connectivity index is 1.06. The smallest absolute Gasteiger partial charge is 0.182 e. The average molecular weight is 688 g/mol. The molecule has 8 aromatic carbocycles. The number of aromatic nitrogens is 5. The molecule has 0 bridgehead atoms. The van der Waals surface area contributed by atoms with Crippen LogP contribution in [0, 0.1) is 0 Å². The number of fused-ring (bicyclic) bond motifs is 6. The molecular formula is C49H29N5. The van der Waals surface area contributed by atoms with Gasteiger partial charge in [-0.3, -0.25) is 0 Å². The molecule has 250 valence electrons. The number of nitrogens with zero attached hydrogens (tertiary/aromatic N) is 5.